The molecule has 2 aromatic rings. The summed E-state index contributed by atoms with van der Waals surface area (Å²) in [6.45, 7) is 0.142. The van der Waals surface area contributed by atoms with Crippen LogP contribution in [0.1, 0.15) is 5.56 Å². The van der Waals surface area contributed by atoms with E-state index in [2.05, 4.69) is 0 Å². The van der Waals surface area contributed by atoms with Crippen molar-refractivity contribution in [3.8, 4) is 16.9 Å². The van der Waals surface area contributed by atoms with Crippen LogP contribution in [0.4, 0.5) is 5.69 Å². The van der Waals surface area contributed by atoms with E-state index in [0.29, 0.717) is 12.1 Å². The van der Waals surface area contributed by atoms with Gasteiger partial charge in [-0.2, -0.15) is 0 Å². The van der Waals surface area contributed by atoms with Crippen LogP contribution in [-0.4, -0.2) is 16.8 Å². The van der Waals surface area contributed by atoms with Crippen LogP contribution >= 0.6 is 12.4 Å². The number of hydrogen-bond acceptors (Lipinski definition) is 3. The van der Waals surface area contributed by atoms with E-state index in [4.69, 9.17) is 10.8 Å². The second-order valence-corrected chi connectivity index (χ2v) is 3.95. The standard InChI is InChI=1S/C14H15NO2.ClH/c15-12-5-6-14(17)13(9-12)11-3-1-10(2-4-11)7-8-16;/h1-6,9,16-17H,7-8,15H2;1H. The molecule has 2 aromatic carbocycles. The number of halogens is 1. The van der Waals surface area contributed by atoms with E-state index in [-0.39, 0.29) is 24.8 Å². The predicted molar refractivity (Wildman–Crippen MR) is 76.0 cm³/mol. The summed E-state index contributed by atoms with van der Waals surface area (Å²) in [4.78, 5) is 0. The highest BCUT2D eigenvalue weighted by molar-refractivity contribution is 5.85. The van der Waals surface area contributed by atoms with E-state index in [1.807, 2.05) is 24.3 Å². The first kappa shape index (κ1) is 14.4. The van der Waals surface area contributed by atoms with Gasteiger partial charge in [-0.25, -0.2) is 0 Å². The Bertz CT molecular complexity index is 512. The Kier molecular flexibility index (Phi) is 5.01. The Labute approximate surface area is 112 Å². The molecule has 0 aliphatic carbocycles. The topological polar surface area (TPSA) is 66.5 Å². The smallest absolute Gasteiger partial charge is 0.123 e. The summed E-state index contributed by atoms with van der Waals surface area (Å²) < 4.78 is 0. The number of phenols is 1. The molecule has 0 amide bonds. The van der Waals surface area contributed by atoms with E-state index >= 15 is 0 Å². The average Bonchev–Trinajstić information content (AvgIpc) is 2.34. The number of rotatable bonds is 3. The first-order valence-electron chi connectivity index (χ1n) is 5.49. The third-order valence-corrected chi connectivity index (χ3v) is 2.69. The Morgan fingerprint density at radius 2 is 1.67 bits per heavy atom. The Balaban J connectivity index is 0.00000162. The maximum absolute atomic E-state index is 9.77. The predicted octanol–water partition coefficient (Wildman–Crippen LogP) is 2.60. The van der Waals surface area contributed by atoms with Crippen molar-refractivity contribution >= 4 is 18.1 Å². The zero-order valence-electron chi connectivity index (χ0n) is 9.84. The number of aliphatic hydroxyl groups excluding tert-OH is 1. The van der Waals surface area contributed by atoms with Gasteiger partial charge in [0.25, 0.3) is 0 Å². The minimum Gasteiger partial charge on any atom is -0.507 e. The molecule has 0 spiro atoms. The van der Waals surface area contributed by atoms with Gasteiger partial charge in [0.15, 0.2) is 0 Å². The van der Waals surface area contributed by atoms with Crippen LogP contribution < -0.4 is 5.73 Å². The number of benzene rings is 2. The molecule has 0 fully saturated rings. The lowest BCUT2D eigenvalue weighted by Gasteiger charge is -2.07. The molecule has 0 bridgehead atoms. The van der Waals surface area contributed by atoms with Crippen molar-refractivity contribution in [1.29, 1.82) is 0 Å². The first-order chi connectivity index (χ1) is 8.20. The van der Waals surface area contributed by atoms with E-state index in [1.165, 1.54) is 0 Å². The highest BCUT2D eigenvalue weighted by atomic mass is 35.5. The van der Waals surface area contributed by atoms with Gasteiger partial charge in [-0.1, -0.05) is 24.3 Å². The van der Waals surface area contributed by atoms with E-state index in [0.717, 1.165) is 16.7 Å². The monoisotopic (exact) mass is 265 g/mol. The quantitative estimate of drug-likeness (QED) is 0.590. The number of aromatic hydroxyl groups is 1. The molecule has 0 aliphatic rings. The summed E-state index contributed by atoms with van der Waals surface area (Å²) in [6, 6.07) is 12.7. The van der Waals surface area contributed by atoms with Gasteiger partial charge in [0, 0.05) is 17.9 Å². The number of anilines is 1. The Morgan fingerprint density at radius 1 is 1.00 bits per heavy atom. The molecule has 2 rings (SSSR count). The molecular weight excluding hydrogens is 250 g/mol. The molecule has 0 saturated heterocycles. The fourth-order valence-electron chi connectivity index (χ4n) is 1.76. The van der Waals surface area contributed by atoms with E-state index in [1.54, 1.807) is 18.2 Å². The summed E-state index contributed by atoms with van der Waals surface area (Å²) in [6.07, 6.45) is 0.642. The summed E-state index contributed by atoms with van der Waals surface area (Å²) in [5, 5.41) is 18.6. The molecule has 18 heavy (non-hydrogen) atoms. The largest absolute Gasteiger partial charge is 0.507 e. The van der Waals surface area contributed by atoms with Crippen molar-refractivity contribution < 1.29 is 10.2 Å². The van der Waals surface area contributed by atoms with Crippen molar-refractivity contribution in [2.75, 3.05) is 12.3 Å². The molecule has 0 saturated carbocycles. The fourth-order valence-corrected chi connectivity index (χ4v) is 1.76. The molecule has 0 radical (unpaired) electrons. The average molecular weight is 266 g/mol. The number of hydrogen-bond donors (Lipinski definition) is 3. The Hall–Kier alpha value is -1.71. The van der Waals surface area contributed by atoms with E-state index in [9.17, 15) is 5.11 Å². The molecule has 3 nitrogen and oxygen atoms in total. The first-order valence-corrected chi connectivity index (χ1v) is 5.49. The molecule has 0 aromatic heterocycles. The van der Waals surface area contributed by atoms with Crippen LogP contribution in [0, 0.1) is 0 Å². The van der Waals surface area contributed by atoms with Crippen molar-refractivity contribution in [2.24, 2.45) is 0 Å². The van der Waals surface area contributed by atoms with Crippen LogP contribution in [0.15, 0.2) is 42.5 Å². The number of nitrogens with two attached hydrogens (primary N) is 1. The van der Waals surface area contributed by atoms with Gasteiger partial charge in [0.05, 0.1) is 0 Å². The number of nitrogen functional groups attached to an aromatic ring is 1. The molecule has 96 valence electrons. The summed E-state index contributed by atoms with van der Waals surface area (Å²) in [5.41, 5.74) is 9.03. The van der Waals surface area contributed by atoms with Gasteiger partial charge in [-0.15, -0.1) is 12.4 Å². The normalized spacial score (nSPS) is 9.83. The van der Waals surface area contributed by atoms with Crippen LogP contribution in [0.3, 0.4) is 0 Å². The molecule has 0 atom stereocenters. The molecule has 0 aliphatic heterocycles. The third-order valence-electron chi connectivity index (χ3n) is 2.69. The molecular formula is C14H16ClNO2. The number of aliphatic hydroxyl groups is 1. The highest BCUT2D eigenvalue weighted by Gasteiger charge is 2.04. The lowest BCUT2D eigenvalue weighted by atomic mass is 10.0. The highest BCUT2D eigenvalue weighted by Crippen LogP contribution is 2.30. The SMILES string of the molecule is Cl.Nc1ccc(O)c(-c2ccc(CCO)cc2)c1. The van der Waals surface area contributed by atoms with Gasteiger partial charge in [-0.3, -0.25) is 0 Å². The van der Waals surface area contributed by atoms with Crippen molar-refractivity contribution in [2.45, 2.75) is 6.42 Å². The van der Waals surface area contributed by atoms with E-state index < -0.39 is 0 Å². The van der Waals surface area contributed by atoms with Gasteiger partial charge < -0.3 is 15.9 Å². The van der Waals surface area contributed by atoms with Gasteiger partial charge in [0.2, 0.25) is 0 Å². The Morgan fingerprint density at radius 3 is 2.28 bits per heavy atom. The fraction of sp³-hybridized carbons (Fsp3) is 0.143. The molecule has 4 N–H and O–H groups in total. The zero-order chi connectivity index (χ0) is 12.3. The number of phenolic OH excluding ortho intramolecular Hbond substituents is 1. The maximum atomic E-state index is 9.77. The molecule has 0 heterocycles. The molecule has 4 heteroatoms. The minimum atomic E-state index is 0. The lowest BCUT2D eigenvalue weighted by molar-refractivity contribution is 0.299. The second kappa shape index (κ2) is 6.28. The van der Waals surface area contributed by atoms with Crippen LogP contribution in [-0.2, 0) is 6.42 Å². The summed E-state index contributed by atoms with van der Waals surface area (Å²) >= 11 is 0. The van der Waals surface area contributed by atoms with Crippen molar-refractivity contribution in [1.82, 2.24) is 0 Å². The zero-order valence-corrected chi connectivity index (χ0v) is 10.7. The lowest BCUT2D eigenvalue weighted by Crippen LogP contribution is -1.90. The van der Waals surface area contributed by atoms with Crippen LogP contribution in [0.25, 0.3) is 11.1 Å². The summed E-state index contributed by atoms with van der Waals surface area (Å²) in [7, 11) is 0. The van der Waals surface area contributed by atoms with Crippen molar-refractivity contribution in [3.05, 3.63) is 48.0 Å². The van der Waals surface area contributed by atoms with Gasteiger partial charge >= 0.3 is 0 Å². The van der Waals surface area contributed by atoms with Crippen LogP contribution in [0.2, 0.25) is 0 Å². The molecule has 0 unspecified atom stereocenters. The van der Waals surface area contributed by atoms with Crippen LogP contribution in [0.5, 0.6) is 5.75 Å². The minimum absolute atomic E-state index is 0. The second-order valence-electron chi connectivity index (χ2n) is 3.95. The van der Waals surface area contributed by atoms with Gasteiger partial charge in [-0.05, 0) is 35.7 Å². The maximum Gasteiger partial charge on any atom is 0.123 e. The third kappa shape index (κ3) is 3.15. The summed E-state index contributed by atoms with van der Waals surface area (Å²) in [5.74, 6) is 0.217. The van der Waals surface area contributed by atoms with Gasteiger partial charge in [0.1, 0.15) is 5.75 Å². The van der Waals surface area contributed by atoms with Crippen molar-refractivity contribution in [3.63, 3.8) is 0 Å².